The standard InChI is InChI=1S/C23H20F4N4O4/c1-22-12-30-20(31(22)6-7-33-13-22)10-19(29-21(30)32)34-11-14-2-3-17(16(24)8-14)35-15-4-5-28-18(9-15)23(25,26)27/h2-5,8-10H,6-7,11-13H2,1H3/t22-/m1/s1. The number of morpholine rings is 1. The van der Waals surface area contributed by atoms with Crippen molar-refractivity contribution in [2.75, 3.05) is 24.7 Å². The van der Waals surface area contributed by atoms with Crippen LogP contribution in [0.4, 0.5) is 23.4 Å². The molecule has 1 atom stereocenters. The zero-order valence-corrected chi connectivity index (χ0v) is 18.5. The second-order valence-electron chi connectivity index (χ2n) is 8.55. The molecule has 1 fully saturated rings. The Morgan fingerprint density at radius 3 is 2.80 bits per heavy atom. The van der Waals surface area contributed by atoms with E-state index >= 15 is 0 Å². The van der Waals surface area contributed by atoms with E-state index in [9.17, 15) is 22.4 Å². The van der Waals surface area contributed by atoms with E-state index in [0.717, 1.165) is 12.3 Å². The number of fused-ring (bicyclic) bond motifs is 3. The summed E-state index contributed by atoms with van der Waals surface area (Å²) in [6, 6.07) is 7.49. The molecule has 1 aromatic carbocycles. The number of rotatable bonds is 5. The van der Waals surface area contributed by atoms with Crippen LogP contribution in [-0.2, 0) is 24.1 Å². The summed E-state index contributed by atoms with van der Waals surface area (Å²) in [5.41, 5.74) is -1.51. The van der Waals surface area contributed by atoms with Gasteiger partial charge in [-0.3, -0.25) is 9.55 Å². The third-order valence-electron chi connectivity index (χ3n) is 5.90. The van der Waals surface area contributed by atoms with Crippen LogP contribution in [0.25, 0.3) is 0 Å². The highest BCUT2D eigenvalue weighted by Crippen LogP contribution is 2.36. The molecule has 8 nitrogen and oxygen atoms in total. The Kier molecular flexibility index (Phi) is 5.62. The first-order valence-electron chi connectivity index (χ1n) is 10.7. The van der Waals surface area contributed by atoms with Gasteiger partial charge in [-0.1, -0.05) is 6.07 Å². The van der Waals surface area contributed by atoms with Gasteiger partial charge in [0.2, 0.25) is 5.88 Å². The molecular weight excluding hydrogens is 472 g/mol. The molecule has 0 N–H and O–H groups in total. The maximum atomic E-state index is 14.6. The van der Waals surface area contributed by atoms with Crippen molar-refractivity contribution in [3.63, 3.8) is 0 Å². The molecule has 2 aliphatic rings. The molecule has 4 heterocycles. The minimum absolute atomic E-state index is 0.0824. The molecule has 0 saturated carbocycles. The van der Waals surface area contributed by atoms with E-state index in [-0.39, 0.29) is 29.5 Å². The SMILES string of the molecule is C[C@@]12COCCN1c1cc(OCc3ccc(Oc4ccnc(C(F)(F)F)c4)c(F)c3)nc(=O)n1C2. The number of pyridine rings is 1. The van der Waals surface area contributed by atoms with Crippen LogP contribution >= 0.6 is 0 Å². The Labute approximate surface area is 196 Å². The smallest absolute Gasteiger partial charge is 0.433 e. The molecule has 0 spiro atoms. The Morgan fingerprint density at radius 2 is 2.03 bits per heavy atom. The van der Waals surface area contributed by atoms with E-state index < -0.39 is 23.4 Å². The molecule has 35 heavy (non-hydrogen) atoms. The van der Waals surface area contributed by atoms with Crippen LogP contribution in [0, 0.1) is 5.82 Å². The normalized spacial score (nSPS) is 19.3. The fourth-order valence-electron chi connectivity index (χ4n) is 4.21. The molecule has 12 heteroatoms. The number of alkyl halides is 3. The molecule has 3 aromatic rings. The summed E-state index contributed by atoms with van der Waals surface area (Å²) in [6.07, 6.45) is -3.71. The van der Waals surface area contributed by atoms with Crippen molar-refractivity contribution in [3.8, 4) is 17.4 Å². The zero-order chi connectivity index (χ0) is 24.8. The Bertz CT molecular complexity index is 1330. The Morgan fingerprint density at radius 1 is 1.20 bits per heavy atom. The number of hydrogen-bond acceptors (Lipinski definition) is 7. The molecule has 0 radical (unpaired) electrons. The lowest BCUT2D eigenvalue weighted by Gasteiger charge is -2.39. The van der Waals surface area contributed by atoms with E-state index in [1.54, 1.807) is 10.6 Å². The van der Waals surface area contributed by atoms with Crippen LogP contribution in [-0.4, -0.2) is 39.8 Å². The van der Waals surface area contributed by atoms with Gasteiger partial charge >= 0.3 is 11.9 Å². The average Bonchev–Trinajstić information content (AvgIpc) is 3.12. The lowest BCUT2D eigenvalue weighted by Crippen LogP contribution is -2.53. The highest BCUT2D eigenvalue weighted by atomic mass is 19.4. The molecule has 184 valence electrons. The summed E-state index contributed by atoms with van der Waals surface area (Å²) < 4.78 is 71.1. The van der Waals surface area contributed by atoms with Gasteiger partial charge in [0.25, 0.3) is 0 Å². The number of anilines is 1. The summed E-state index contributed by atoms with van der Waals surface area (Å²) in [5, 5.41) is 0. The molecular formula is C23H20F4N4O4. The van der Waals surface area contributed by atoms with Crippen molar-refractivity contribution in [1.29, 1.82) is 0 Å². The summed E-state index contributed by atoms with van der Waals surface area (Å²) in [5.74, 6) is -0.449. The lowest BCUT2D eigenvalue weighted by atomic mass is 10.0. The summed E-state index contributed by atoms with van der Waals surface area (Å²) in [4.78, 5) is 21.9. The van der Waals surface area contributed by atoms with Gasteiger partial charge in [0, 0.05) is 24.9 Å². The number of halogens is 4. The zero-order valence-electron chi connectivity index (χ0n) is 18.5. The van der Waals surface area contributed by atoms with Gasteiger partial charge < -0.3 is 19.1 Å². The first-order valence-corrected chi connectivity index (χ1v) is 10.7. The van der Waals surface area contributed by atoms with Gasteiger partial charge in [-0.2, -0.15) is 18.2 Å². The average molecular weight is 492 g/mol. The number of hydrogen-bond donors (Lipinski definition) is 0. The molecule has 0 bridgehead atoms. The number of aromatic nitrogens is 3. The van der Waals surface area contributed by atoms with Crippen LogP contribution in [0.15, 0.2) is 47.4 Å². The van der Waals surface area contributed by atoms with Crippen molar-refractivity contribution in [1.82, 2.24) is 14.5 Å². The van der Waals surface area contributed by atoms with Gasteiger partial charge in [0.05, 0.1) is 25.3 Å². The molecule has 5 rings (SSSR count). The van der Waals surface area contributed by atoms with Crippen LogP contribution in [0.5, 0.6) is 17.4 Å². The minimum atomic E-state index is -4.65. The summed E-state index contributed by atoms with van der Waals surface area (Å²) in [7, 11) is 0. The predicted octanol–water partition coefficient (Wildman–Crippen LogP) is 3.78. The van der Waals surface area contributed by atoms with E-state index in [1.165, 1.54) is 18.2 Å². The highest BCUT2D eigenvalue weighted by molar-refractivity contribution is 5.50. The van der Waals surface area contributed by atoms with Gasteiger partial charge in [0.15, 0.2) is 11.6 Å². The lowest BCUT2D eigenvalue weighted by molar-refractivity contribution is -0.141. The fraction of sp³-hybridized carbons (Fsp3) is 0.348. The molecule has 0 aliphatic carbocycles. The van der Waals surface area contributed by atoms with Gasteiger partial charge in [-0.05, 0) is 30.7 Å². The second-order valence-corrected chi connectivity index (χ2v) is 8.55. The van der Waals surface area contributed by atoms with Crippen LogP contribution in [0.2, 0.25) is 0 Å². The van der Waals surface area contributed by atoms with E-state index in [4.69, 9.17) is 14.2 Å². The molecule has 2 aromatic heterocycles. The third kappa shape index (κ3) is 4.53. The van der Waals surface area contributed by atoms with E-state index in [0.29, 0.717) is 43.8 Å². The Hall–Kier alpha value is -3.67. The summed E-state index contributed by atoms with van der Waals surface area (Å²) >= 11 is 0. The van der Waals surface area contributed by atoms with Crippen LogP contribution in [0.1, 0.15) is 18.2 Å². The quantitative estimate of drug-likeness (QED) is 0.502. The van der Waals surface area contributed by atoms with Gasteiger partial charge in [-0.25, -0.2) is 9.18 Å². The van der Waals surface area contributed by atoms with E-state index in [2.05, 4.69) is 14.9 Å². The minimum Gasteiger partial charge on any atom is -0.473 e. The first-order chi connectivity index (χ1) is 16.6. The van der Waals surface area contributed by atoms with Crippen molar-refractivity contribution in [2.45, 2.75) is 31.8 Å². The van der Waals surface area contributed by atoms with Gasteiger partial charge in [0.1, 0.15) is 23.9 Å². The first kappa shape index (κ1) is 23.1. The largest absolute Gasteiger partial charge is 0.473 e. The third-order valence-corrected chi connectivity index (χ3v) is 5.90. The number of nitrogens with zero attached hydrogens (tertiary/aromatic N) is 4. The second kappa shape index (κ2) is 8.52. The van der Waals surface area contributed by atoms with Crippen molar-refractivity contribution < 1.29 is 31.8 Å². The van der Waals surface area contributed by atoms with E-state index in [1.807, 2.05) is 6.92 Å². The van der Waals surface area contributed by atoms with Gasteiger partial charge in [-0.15, -0.1) is 0 Å². The monoisotopic (exact) mass is 492 g/mol. The predicted molar refractivity (Wildman–Crippen MR) is 115 cm³/mol. The topological polar surface area (TPSA) is 78.7 Å². The van der Waals surface area contributed by atoms with Crippen molar-refractivity contribution in [2.24, 2.45) is 0 Å². The summed E-state index contributed by atoms with van der Waals surface area (Å²) in [6.45, 7) is 4.07. The Balaban J connectivity index is 1.29. The molecule has 0 unspecified atom stereocenters. The fourth-order valence-corrected chi connectivity index (χ4v) is 4.21. The maximum Gasteiger partial charge on any atom is 0.433 e. The highest BCUT2D eigenvalue weighted by Gasteiger charge is 2.43. The number of benzene rings is 1. The maximum absolute atomic E-state index is 14.6. The molecule has 0 amide bonds. The molecule has 2 aliphatic heterocycles. The number of ether oxygens (including phenoxy) is 3. The van der Waals surface area contributed by atoms with Crippen LogP contribution in [0.3, 0.4) is 0 Å². The van der Waals surface area contributed by atoms with Crippen molar-refractivity contribution in [3.05, 3.63) is 70.2 Å². The van der Waals surface area contributed by atoms with Crippen molar-refractivity contribution >= 4 is 5.82 Å². The van der Waals surface area contributed by atoms with Crippen LogP contribution < -0.4 is 20.1 Å². The molecule has 1 saturated heterocycles.